The lowest BCUT2D eigenvalue weighted by Gasteiger charge is -2.29. The third-order valence-electron chi connectivity index (χ3n) is 3.23. The minimum atomic E-state index is -0.963. The van der Waals surface area contributed by atoms with Crippen molar-refractivity contribution in [3.05, 3.63) is 0 Å². The zero-order valence-electron chi connectivity index (χ0n) is 11.4. The Labute approximate surface area is 113 Å². The highest BCUT2D eigenvalue weighted by Crippen LogP contribution is 2.26. The molecule has 0 saturated carbocycles. The lowest BCUT2D eigenvalue weighted by molar-refractivity contribution is -0.145. The van der Waals surface area contributed by atoms with Crippen molar-refractivity contribution in [2.45, 2.75) is 46.1 Å². The van der Waals surface area contributed by atoms with Crippen molar-refractivity contribution in [1.82, 2.24) is 5.32 Å². The molecule has 1 heterocycles. The van der Waals surface area contributed by atoms with E-state index in [0.717, 1.165) is 24.3 Å². The molecule has 0 aromatic heterocycles. The zero-order chi connectivity index (χ0) is 13.8. The van der Waals surface area contributed by atoms with Gasteiger partial charge in [0.25, 0.3) is 0 Å². The summed E-state index contributed by atoms with van der Waals surface area (Å²) >= 11 is 1.92. The van der Waals surface area contributed by atoms with Crippen LogP contribution in [-0.2, 0) is 9.59 Å². The molecule has 0 aromatic rings. The van der Waals surface area contributed by atoms with Gasteiger partial charge in [-0.2, -0.15) is 11.8 Å². The highest BCUT2D eigenvalue weighted by molar-refractivity contribution is 7.99. The molecule has 2 N–H and O–H groups in total. The van der Waals surface area contributed by atoms with Gasteiger partial charge in [-0.3, -0.25) is 4.79 Å². The van der Waals surface area contributed by atoms with E-state index in [0.29, 0.717) is 12.3 Å². The molecule has 0 radical (unpaired) electrons. The molecule has 104 valence electrons. The maximum Gasteiger partial charge on any atom is 0.326 e. The second kappa shape index (κ2) is 6.45. The van der Waals surface area contributed by atoms with Gasteiger partial charge in [0.2, 0.25) is 5.91 Å². The van der Waals surface area contributed by atoms with Gasteiger partial charge in [0.15, 0.2) is 0 Å². The number of carbonyl (C=O) groups excluding carboxylic acids is 1. The first kappa shape index (κ1) is 15.3. The summed E-state index contributed by atoms with van der Waals surface area (Å²) in [6.07, 6.45) is 2.58. The van der Waals surface area contributed by atoms with Crippen molar-refractivity contribution in [2.75, 3.05) is 11.5 Å². The predicted molar refractivity (Wildman–Crippen MR) is 73.7 cm³/mol. The average molecular weight is 273 g/mol. The van der Waals surface area contributed by atoms with Crippen LogP contribution >= 0.6 is 11.8 Å². The number of carbonyl (C=O) groups is 2. The Morgan fingerprint density at radius 2 is 1.89 bits per heavy atom. The van der Waals surface area contributed by atoms with Crippen LogP contribution in [0.1, 0.15) is 40.0 Å². The molecule has 1 atom stereocenters. The van der Waals surface area contributed by atoms with Gasteiger partial charge in [0.1, 0.15) is 6.04 Å². The largest absolute Gasteiger partial charge is 0.480 e. The first-order chi connectivity index (χ1) is 8.30. The molecule has 1 rings (SSSR count). The summed E-state index contributed by atoms with van der Waals surface area (Å²) in [6.45, 7) is 5.47. The van der Waals surface area contributed by atoms with Crippen molar-refractivity contribution >= 4 is 23.6 Å². The third-order valence-corrected chi connectivity index (χ3v) is 4.28. The van der Waals surface area contributed by atoms with Crippen LogP contribution in [0.3, 0.4) is 0 Å². The summed E-state index contributed by atoms with van der Waals surface area (Å²) in [6, 6.07) is -0.817. The van der Waals surface area contributed by atoms with Crippen LogP contribution in [0.5, 0.6) is 0 Å². The molecule has 0 spiro atoms. The fourth-order valence-corrected chi connectivity index (χ4v) is 3.29. The summed E-state index contributed by atoms with van der Waals surface area (Å²) in [4.78, 5) is 23.0. The van der Waals surface area contributed by atoms with E-state index in [1.54, 1.807) is 0 Å². The fourth-order valence-electron chi connectivity index (χ4n) is 2.08. The van der Waals surface area contributed by atoms with E-state index in [2.05, 4.69) is 5.32 Å². The molecule has 5 heteroatoms. The minimum absolute atomic E-state index is 0.130. The van der Waals surface area contributed by atoms with Gasteiger partial charge in [-0.25, -0.2) is 4.79 Å². The van der Waals surface area contributed by atoms with Gasteiger partial charge < -0.3 is 10.4 Å². The number of thioether (sulfide) groups is 1. The molecule has 0 aliphatic carbocycles. The zero-order valence-corrected chi connectivity index (χ0v) is 12.2. The standard InChI is InChI=1S/C13H23NO3S/c1-13(2,3)11(12(16)17)14-10(15)8-9-4-6-18-7-5-9/h9,11H,4-8H2,1-3H3,(H,14,15)(H,16,17)/t11-/m1/s1. The molecule has 4 nitrogen and oxygen atoms in total. The lowest BCUT2D eigenvalue weighted by atomic mass is 9.86. The van der Waals surface area contributed by atoms with Crippen molar-refractivity contribution in [1.29, 1.82) is 0 Å². The molecule has 1 amide bonds. The van der Waals surface area contributed by atoms with Crippen LogP contribution in [0.2, 0.25) is 0 Å². The average Bonchev–Trinajstić information content (AvgIpc) is 2.25. The quantitative estimate of drug-likeness (QED) is 0.823. The van der Waals surface area contributed by atoms with Gasteiger partial charge in [0, 0.05) is 6.42 Å². The normalized spacial score (nSPS) is 19.3. The lowest BCUT2D eigenvalue weighted by Crippen LogP contribution is -2.49. The van der Waals surface area contributed by atoms with E-state index in [1.165, 1.54) is 0 Å². The molecule has 1 aliphatic heterocycles. The summed E-state index contributed by atoms with van der Waals surface area (Å²) in [5.41, 5.74) is -0.468. The molecule has 1 aliphatic rings. The second-order valence-electron chi connectivity index (χ2n) is 5.96. The van der Waals surface area contributed by atoms with E-state index in [1.807, 2.05) is 32.5 Å². The molecular weight excluding hydrogens is 250 g/mol. The number of nitrogens with one attached hydrogen (secondary N) is 1. The maximum absolute atomic E-state index is 11.9. The monoisotopic (exact) mass is 273 g/mol. The molecule has 1 saturated heterocycles. The summed E-state index contributed by atoms with van der Waals surface area (Å²) in [7, 11) is 0. The number of rotatable bonds is 4. The van der Waals surface area contributed by atoms with Crippen LogP contribution in [-0.4, -0.2) is 34.5 Å². The van der Waals surface area contributed by atoms with Crippen LogP contribution in [0.15, 0.2) is 0 Å². The minimum Gasteiger partial charge on any atom is -0.480 e. The first-order valence-corrected chi connectivity index (χ1v) is 7.56. The molecule has 1 fully saturated rings. The Balaban J connectivity index is 2.48. The van der Waals surface area contributed by atoms with Crippen molar-refractivity contribution in [3.8, 4) is 0 Å². The molecule has 0 unspecified atom stereocenters. The molecule has 18 heavy (non-hydrogen) atoms. The summed E-state index contributed by atoms with van der Waals surface area (Å²) in [5.74, 6) is 1.55. The van der Waals surface area contributed by atoms with Crippen LogP contribution in [0, 0.1) is 11.3 Å². The van der Waals surface area contributed by atoms with E-state index in [-0.39, 0.29) is 5.91 Å². The van der Waals surface area contributed by atoms with E-state index in [4.69, 9.17) is 5.11 Å². The SMILES string of the molecule is CC(C)(C)[C@H](NC(=O)CC1CCSCC1)C(=O)O. The molecular formula is C13H23NO3S. The fraction of sp³-hybridized carbons (Fsp3) is 0.846. The van der Waals surface area contributed by atoms with Gasteiger partial charge in [0.05, 0.1) is 0 Å². The number of aliphatic carboxylic acids is 1. The van der Waals surface area contributed by atoms with Gasteiger partial charge >= 0.3 is 5.97 Å². The Morgan fingerprint density at radius 1 is 1.33 bits per heavy atom. The number of carboxylic acids is 1. The van der Waals surface area contributed by atoms with Crippen molar-refractivity contribution < 1.29 is 14.7 Å². The third kappa shape index (κ3) is 4.88. The molecule has 0 bridgehead atoms. The Hall–Kier alpha value is -0.710. The predicted octanol–water partition coefficient (Wildman–Crippen LogP) is 2.14. The number of carboxylic acid groups (broad SMARTS) is 1. The van der Waals surface area contributed by atoms with Crippen molar-refractivity contribution in [2.24, 2.45) is 11.3 Å². The Morgan fingerprint density at radius 3 is 2.33 bits per heavy atom. The highest BCUT2D eigenvalue weighted by Gasteiger charge is 2.33. The topological polar surface area (TPSA) is 66.4 Å². The highest BCUT2D eigenvalue weighted by atomic mass is 32.2. The van der Waals surface area contributed by atoms with Gasteiger partial charge in [-0.05, 0) is 35.7 Å². The Kier molecular flexibility index (Phi) is 5.50. The van der Waals surface area contributed by atoms with E-state index in [9.17, 15) is 9.59 Å². The van der Waals surface area contributed by atoms with Crippen LogP contribution in [0.25, 0.3) is 0 Å². The second-order valence-corrected chi connectivity index (χ2v) is 7.19. The molecule has 0 aromatic carbocycles. The van der Waals surface area contributed by atoms with Crippen molar-refractivity contribution in [3.63, 3.8) is 0 Å². The number of amides is 1. The van der Waals surface area contributed by atoms with E-state index < -0.39 is 17.4 Å². The summed E-state index contributed by atoms with van der Waals surface area (Å²) in [5, 5.41) is 11.8. The number of hydrogen-bond acceptors (Lipinski definition) is 3. The maximum atomic E-state index is 11.9. The number of hydrogen-bond donors (Lipinski definition) is 2. The van der Waals surface area contributed by atoms with E-state index >= 15 is 0 Å². The Bertz CT molecular complexity index is 306. The van der Waals surface area contributed by atoms with Crippen LogP contribution in [0.4, 0.5) is 0 Å². The van der Waals surface area contributed by atoms with Gasteiger partial charge in [-0.15, -0.1) is 0 Å². The first-order valence-electron chi connectivity index (χ1n) is 6.40. The van der Waals surface area contributed by atoms with Gasteiger partial charge in [-0.1, -0.05) is 20.8 Å². The summed E-state index contributed by atoms with van der Waals surface area (Å²) < 4.78 is 0. The smallest absolute Gasteiger partial charge is 0.326 e. The van der Waals surface area contributed by atoms with Crippen LogP contribution < -0.4 is 5.32 Å².